The third kappa shape index (κ3) is 8.57. The number of H-pyrrole nitrogens is 2. The lowest BCUT2D eigenvalue weighted by Crippen LogP contribution is -2.52. The van der Waals surface area contributed by atoms with E-state index in [1.807, 2.05) is 73.3 Å². The molecule has 7 rings (SSSR count). The van der Waals surface area contributed by atoms with Crippen LogP contribution in [0.25, 0.3) is 44.2 Å². The van der Waals surface area contributed by atoms with Gasteiger partial charge in [0, 0.05) is 18.0 Å². The number of nitrogens with zero attached hydrogens (tertiary/aromatic N) is 4. The minimum Gasteiger partial charge on any atom is -0.469 e. The topological polar surface area (TPSA) is 174 Å². The van der Waals surface area contributed by atoms with Gasteiger partial charge < -0.3 is 34.9 Å². The van der Waals surface area contributed by atoms with Crippen molar-refractivity contribution in [1.29, 1.82) is 0 Å². The van der Waals surface area contributed by atoms with Crippen molar-refractivity contribution in [2.24, 2.45) is 17.8 Å². The van der Waals surface area contributed by atoms with Gasteiger partial charge in [-0.1, -0.05) is 83.3 Å². The van der Waals surface area contributed by atoms with Gasteiger partial charge in [-0.05, 0) is 52.1 Å². The lowest BCUT2D eigenvalue weighted by atomic mass is 9.91. The summed E-state index contributed by atoms with van der Waals surface area (Å²) in [6.07, 6.45) is 1.91. The molecule has 5 aromatic rings. The van der Waals surface area contributed by atoms with Crippen LogP contribution in [0.15, 0.2) is 60.8 Å². The third-order valence-electron chi connectivity index (χ3n) is 11.9. The number of fused-ring (bicyclic) bond motifs is 3. The SMILES string of the molecule is COC(=O)C[C@H](C(=O)N1C[Si](C)(C)CC1c1ncc(-c2ccc(-c3ccc4c(ccc5[nH]c([C@@H]6CC(F)(F)CN6C(=O)[C@@H](NC(=O)CO)C(C)C)nc54)c3)cc2)[nH]1)C(C)C. The molecule has 0 radical (unpaired) electrons. The number of hydrogen-bond acceptors (Lipinski definition) is 8. The fourth-order valence-electron chi connectivity index (χ4n) is 8.69. The molecular weight excluding hydrogens is 789 g/mol. The number of carbonyl (C=O) groups excluding carboxylic acids is 4. The zero-order valence-corrected chi connectivity index (χ0v) is 36.0. The molecule has 1 unspecified atom stereocenters. The smallest absolute Gasteiger partial charge is 0.306 e. The molecule has 2 aliphatic rings. The Hall–Kier alpha value is -5.48. The molecule has 4 N–H and O–H groups in total. The van der Waals surface area contributed by atoms with Crippen LogP contribution in [0.2, 0.25) is 19.1 Å². The summed E-state index contributed by atoms with van der Waals surface area (Å²) in [7, 11) is -0.415. The lowest BCUT2D eigenvalue weighted by molar-refractivity contribution is -0.148. The molecule has 4 atom stereocenters. The van der Waals surface area contributed by atoms with E-state index in [0.717, 1.165) is 49.9 Å². The molecule has 3 aromatic carbocycles. The number of alkyl halides is 2. The van der Waals surface area contributed by atoms with Gasteiger partial charge in [0.15, 0.2) is 0 Å². The molecule has 0 spiro atoms. The summed E-state index contributed by atoms with van der Waals surface area (Å²) in [6.45, 7) is 10.2. The van der Waals surface area contributed by atoms with Crippen molar-refractivity contribution in [3.05, 3.63) is 72.4 Å². The maximum atomic E-state index is 14.9. The molecule has 4 heterocycles. The Balaban J connectivity index is 1.11. The molecule has 3 amide bonds. The molecule has 60 heavy (non-hydrogen) atoms. The fourth-order valence-corrected chi connectivity index (χ4v) is 11.6. The molecule has 0 aliphatic carbocycles. The van der Waals surface area contributed by atoms with E-state index in [-0.39, 0.29) is 30.1 Å². The van der Waals surface area contributed by atoms with Crippen molar-refractivity contribution in [1.82, 2.24) is 35.1 Å². The first-order valence-corrected chi connectivity index (χ1v) is 23.8. The van der Waals surface area contributed by atoms with Crippen LogP contribution in [-0.2, 0) is 23.9 Å². The summed E-state index contributed by atoms with van der Waals surface area (Å²) >= 11 is 0. The van der Waals surface area contributed by atoms with Crippen LogP contribution in [0.5, 0.6) is 0 Å². The lowest BCUT2D eigenvalue weighted by Gasteiger charge is -2.30. The number of aliphatic hydroxyl groups excluding tert-OH is 1. The van der Waals surface area contributed by atoms with E-state index in [2.05, 4.69) is 28.4 Å². The summed E-state index contributed by atoms with van der Waals surface area (Å²) in [5, 5.41) is 13.4. The van der Waals surface area contributed by atoms with E-state index in [1.165, 1.54) is 7.11 Å². The first kappa shape index (κ1) is 42.6. The van der Waals surface area contributed by atoms with Crippen molar-refractivity contribution in [3.8, 4) is 22.4 Å². The predicted octanol–water partition coefficient (Wildman–Crippen LogP) is 6.78. The van der Waals surface area contributed by atoms with Gasteiger partial charge in [-0.2, -0.15) is 0 Å². The largest absolute Gasteiger partial charge is 0.469 e. The normalized spacial score (nSPS) is 19.7. The summed E-state index contributed by atoms with van der Waals surface area (Å²) in [4.78, 5) is 71.0. The number of carbonyl (C=O) groups is 4. The standard InChI is InChI=1S/C44H53F2N7O6Si/c1-24(2)31(17-37(56)59-5)42(57)53-23-60(6,7)21-35(53)40-47-19-33(49-40)27-10-8-26(9-11-27)28-12-14-30-29(16-28)13-15-32-39(30)51-41(48-32)34-18-44(45,46)22-52(34)43(58)38(25(3)4)50-36(55)20-54/h8-16,19,24-25,31,34-35,38,54H,17-18,20-23H2,1-7H3,(H,47,49)(H,48,51)(H,50,55)/t31-,34-,35?,38-/m0/s1. The van der Waals surface area contributed by atoms with Gasteiger partial charge in [0.25, 0.3) is 5.92 Å². The number of ether oxygens (including phenoxy) is 1. The molecule has 2 saturated heterocycles. The van der Waals surface area contributed by atoms with Gasteiger partial charge in [-0.15, -0.1) is 0 Å². The van der Waals surface area contributed by atoms with Crippen LogP contribution in [0.1, 0.15) is 64.3 Å². The maximum absolute atomic E-state index is 14.9. The van der Waals surface area contributed by atoms with Gasteiger partial charge >= 0.3 is 5.97 Å². The van der Waals surface area contributed by atoms with Crippen LogP contribution >= 0.6 is 0 Å². The monoisotopic (exact) mass is 841 g/mol. The Labute approximate surface area is 348 Å². The Morgan fingerprint density at radius 1 is 0.917 bits per heavy atom. The van der Waals surface area contributed by atoms with Crippen LogP contribution < -0.4 is 5.32 Å². The zero-order chi connectivity index (χ0) is 43.3. The highest BCUT2D eigenvalue weighted by Crippen LogP contribution is 2.43. The average molecular weight is 842 g/mol. The zero-order valence-electron chi connectivity index (χ0n) is 35.0. The van der Waals surface area contributed by atoms with Crippen LogP contribution in [0, 0.1) is 17.8 Å². The number of halogens is 2. The van der Waals surface area contributed by atoms with E-state index in [9.17, 15) is 33.1 Å². The number of aromatic nitrogens is 4. The number of rotatable bonds is 12. The number of nitrogens with one attached hydrogen (secondary N) is 3. The van der Waals surface area contributed by atoms with E-state index < -0.39 is 75.3 Å². The molecular formula is C44H53F2N7O6Si. The minimum absolute atomic E-state index is 0.0276. The van der Waals surface area contributed by atoms with E-state index in [1.54, 1.807) is 20.0 Å². The van der Waals surface area contributed by atoms with Crippen molar-refractivity contribution < 1.29 is 37.8 Å². The highest BCUT2D eigenvalue weighted by Gasteiger charge is 2.50. The fraction of sp³-hybridized carbons (Fsp3) is 0.455. The number of aromatic amines is 2. The summed E-state index contributed by atoms with van der Waals surface area (Å²) in [5.74, 6) is -4.95. The van der Waals surface area contributed by atoms with Gasteiger partial charge in [-0.25, -0.2) is 18.7 Å². The predicted molar refractivity (Wildman–Crippen MR) is 226 cm³/mol. The number of methoxy groups -OCH3 is 1. The molecule has 16 heteroatoms. The third-order valence-corrected chi connectivity index (χ3v) is 14.6. The molecule has 2 fully saturated rings. The van der Waals surface area contributed by atoms with Crippen molar-refractivity contribution >= 4 is 53.6 Å². The summed E-state index contributed by atoms with van der Waals surface area (Å²) in [6, 6.07) is 16.4. The second-order valence-corrected chi connectivity index (χ2v) is 22.8. The molecule has 2 aromatic heterocycles. The molecule has 13 nitrogen and oxygen atoms in total. The van der Waals surface area contributed by atoms with Crippen molar-refractivity contribution in [2.45, 2.75) is 83.7 Å². The Kier molecular flexibility index (Phi) is 11.7. The Bertz CT molecular complexity index is 2430. The van der Waals surface area contributed by atoms with Gasteiger partial charge in [0.05, 0.1) is 69.1 Å². The number of hydrogen-bond donors (Lipinski definition) is 4. The number of benzene rings is 3. The quantitative estimate of drug-likeness (QED) is 0.0786. The van der Waals surface area contributed by atoms with E-state index in [0.29, 0.717) is 17.2 Å². The second kappa shape index (κ2) is 16.5. The summed E-state index contributed by atoms with van der Waals surface area (Å²) < 4.78 is 34.8. The van der Waals surface area contributed by atoms with Crippen molar-refractivity contribution in [3.63, 3.8) is 0 Å². The Morgan fingerprint density at radius 3 is 2.28 bits per heavy atom. The van der Waals surface area contributed by atoms with Crippen LogP contribution in [-0.4, -0.2) is 105 Å². The van der Waals surface area contributed by atoms with Crippen LogP contribution in [0.4, 0.5) is 8.78 Å². The van der Waals surface area contributed by atoms with E-state index in [4.69, 9.17) is 14.7 Å². The highest BCUT2D eigenvalue weighted by atomic mass is 28.3. The number of likely N-dealkylation sites (tertiary alicyclic amines) is 1. The average Bonchev–Trinajstić information content (AvgIpc) is 4.01. The number of imidazole rings is 2. The number of aliphatic hydroxyl groups is 1. The van der Waals surface area contributed by atoms with Gasteiger partial charge in [0.2, 0.25) is 17.7 Å². The first-order valence-electron chi connectivity index (χ1n) is 20.4. The van der Waals surface area contributed by atoms with Gasteiger partial charge in [-0.3, -0.25) is 19.2 Å². The summed E-state index contributed by atoms with van der Waals surface area (Å²) in [5.41, 5.74) is 4.93. The highest BCUT2D eigenvalue weighted by molar-refractivity contribution is 6.78. The number of amides is 3. The Morgan fingerprint density at radius 2 is 1.62 bits per heavy atom. The van der Waals surface area contributed by atoms with Crippen LogP contribution in [0.3, 0.4) is 0 Å². The minimum atomic E-state index is -3.16. The van der Waals surface area contributed by atoms with Gasteiger partial charge in [0.1, 0.15) is 24.3 Å². The number of esters is 1. The van der Waals surface area contributed by atoms with Crippen molar-refractivity contribution in [2.75, 3.05) is 26.4 Å². The molecule has 2 aliphatic heterocycles. The molecule has 318 valence electrons. The maximum Gasteiger partial charge on any atom is 0.306 e. The first-order chi connectivity index (χ1) is 28.4. The molecule has 0 bridgehead atoms. The second-order valence-electron chi connectivity index (χ2n) is 17.7. The molecule has 0 saturated carbocycles. The van der Waals surface area contributed by atoms with E-state index >= 15 is 0 Å².